The number of benzene rings is 1. The van der Waals surface area contributed by atoms with E-state index in [-0.39, 0.29) is 10.6 Å². The summed E-state index contributed by atoms with van der Waals surface area (Å²) in [7, 11) is 0.718. The van der Waals surface area contributed by atoms with E-state index in [0.717, 1.165) is 12.4 Å². The number of hydrogen-bond acceptors (Lipinski definition) is 7. The lowest BCUT2D eigenvalue weighted by Crippen LogP contribution is -2.48. The lowest BCUT2D eigenvalue weighted by molar-refractivity contribution is -0.234. The minimum Gasteiger partial charge on any atom is -0.467 e. The Balaban J connectivity index is 2.78. The molecule has 1 N–H and O–H groups in total. The van der Waals surface area contributed by atoms with Gasteiger partial charge in [0.2, 0.25) is 0 Å². The van der Waals surface area contributed by atoms with Gasteiger partial charge in [0.15, 0.2) is 0 Å². The Labute approximate surface area is 150 Å². The van der Waals surface area contributed by atoms with Gasteiger partial charge in [-0.1, -0.05) is 17.7 Å². The molecule has 0 aromatic heterocycles. The van der Waals surface area contributed by atoms with E-state index in [2.05, 4.69) is 14.5 Å². The molecule has 142 valence electrons. The summed E-state index contributed by atoms with van der Waals surface area (Å²) in [6, 6.07) is 2.10. The molecule has 0 aliphatic carbocycles. The molecule has 12 heteroatoms. The number of methoxy groups -OCH3 is 1. The fourth-order valence-electron chi connectivity index (χ4n) is 1.42. The second-order valence-corrected chi connectivity index (χ2v) is 4.87. The van der Waals surface area contributed by atoms with Crippen molar-refractivity contribution >= 4 is 35.4 Å². The number of carbonyl (C=O) groups excluding carboxylic acids is 4. The zero-order chi connectivity index (χ0) is 20.8. The Kier molecular flexibility index (Phi) is 6.78. The molecule has 0 heterocycles. The van der Waals surface area contributed by atoms with Gasteiger partial charge in [0.05, 0.1) is 20.5 Å². The summed E-state index contributed by atoms with van der Waals surface area (Å²) in [6.07, 6.45) is -6.87. The molecule has 0 fully saturated rings. The van der Waals surface area contributed by atoms with Gasteiger partial charge in [0.25, 0.3) is 0 Å². The van der Waals surface area contributed by atoms with Crippen molar-refractivity contribution in [1.82, 2.24) is 5.32 Å². The predicted molar refractivity (Wildman–Crippen MR) is 77.6 cm³/mol. The highest BCUT2D eigenvalue weighted by molar-refractivity contribution is 6.30. The molecular weight excluding hydrogens is 387 g/mol. The van der Waals surface area contributed by atoms with Gasteiger partial charge in [0, 0.05) is 5.02 Å². The van der Waals surface area contributed by atoms with Crippen LogP contribution in [0, 0.1) is 0 Å². The first-order valence-electron chi connectivity index (χ1n) is 7.04. The van der Waals surface area contributed by atoms with Crippen LogP contribution in [0.4, 0.5) is 13.2 Å². The maximum Gasteiger partial charge on any atom is 0.471 e. The molecule has 1 aromatic carbocycles. The summed E-state index contributed by atoms with van der Waals surface area (Å²) in [4.78, 5) is 54.0. The summed E-state index contributed by atoms with van der Waals surface area (Å²) in [5.74, 6) is -7.13. The van der Waals surface area contributed by atoms with E-state index in [4.69, 9.17) is 13.0 Å². The Hall–Kier alpha value is -2.82. The van der Waals surface area contributed by atoms with Crippen LogP contribution in [0.3, 0.4) is 0 Å². The van der Waals surface area contributed by atoms with Gasteiger partial charge in [-0.25, -0.2) is 24.2 Å². The van der Waals surface area contributed by atoms with Crippen LogP contribution in [0.5, 0.6) is 0 Å². The third-order valence-electron chi connectivity index (χ3n) is 2.55. The smallest absolute Gasteiger partial charge is 0.467 e. The normalized spacial score (nSPS) is 13.7. The highest BCUT2D eigenvalue weighted by Crippen LogP contribution is 2.15. The number of halogens is 4. The van der Waals surface area contributed by atoms with E-state index in [1.54, 1.807) is 0 Å². The second-order valence-electron chi connectivity index (χ2n) is 4.44. The van der Waals surface area contributed by atoms with Crippen molar-refractivity contribution in [2.75, 3.05) is 7.11 Å². The van der Waals surface area contributed by atoms with E-state index in [1.165, 1.54) is 24.3 Å². The molecule has 1 rings (SSSR count). The SMILES string of the molecule is [2H][C@@](CC(=O)OOC(=O)c1cccc(Cl)c1)(NC(=O)C(F)(F)F)C(=O)OC. The third kappa shape index (κ3) is 6.59. The van der Waals surface area contributed by atoms with E-state index >= 15 is 0 Å². The third-order valence-corrected chi connectivity index (χ3v) is 2.78. The number of amides is 1. The van der Waals surface area contributed by atoms with Crippen molar-refractivity contribution in [2.45, 2.75) is 18.6 Å². The summed E-state index contributed by atoms with van der Waals surface area (Å²) in [5, 5.41) is 1.18. The van der Waals surface area contributed by atoms with Gasteiger partial charge in [0.1, 0.15) is 6.02 Å². The zero-order valence-corrected chi connectivity index (χ0v) is 13.6. The fraction of sp³-hybridized carbons (Fsp3) is 0.286. The Morgan fingerprint density at radius 3 is 2.46 bits per heavy atom. The molecule has 8 nitrogen and oxygen atoms in total. The van der Waals surface area contributed by atoms with Gasteiger partial charge >= 0.3 is 30.0 Å². The van der Waals surface area contributed by atoms with Crippen molar-refractivity contribution in [3.8, 4) is 0 Å². The molecule has 1 atom stereocenters. The van der Waals surface area contributed by atoms with Crippen molar-refractivity contribution in [1.29, 1.82) is 0 Å². The highest BCUT2D eigenvalue weighted by Gasteiger charge is 2.41. The number of ether oxygens (including phenoxy) is 1. The first-order valence-corrected chi connectivity index (χ1v) is 6.92. The predicted octanol–water partition coefficient (Wildman–Crippen LogP) is 1.57. The number of alkyl halides is 3. The lowest BCUT2D eigenvalue weighted by atomic mass is 10.2. The van der Waals surface area contributed by atoms with Gasteiger partial charge in [-0.3, -0.25) is 4.79 Å². The van der Waals surface area contributed by atoms with Crippen molar-refractivity contribution in [3.63, 3.8) is 0 Å². The van der Waals surface area contributed by atoms with Crippen LogP contribution < -0.4 is 5.32 Å². The molecule has 26 heavy (non-hydrogen) atoms. The van der Waals surface area contributed by atoms with Crippen molar-refractivity contribution in [3.05, 3.63) is 34.9 Å². The average molecular weight is 399 g/mol. The molecule has 0 aliphatic heterocycles. The minimum absolute atomic E-state index is 0.120. The maximum atomic E-state index is 12.3. The van der Waals surface area contributed by atoms with Crippen LogP contribution in [-0.2, 0) is 28.9 Å². The Morgan fingerprint density at radius 1 is 1.27 bits per heavy atom. The van der Waals surface area contributed by atoms with E-state index < -0.39 is 42.4 Å². The minimum atomic E-state index is -5.43. The molecule has 0 aliphatic rings. The van der Waals surface area contributed by atoms with E-state index in [0.29, 0.717) is 0 Å². The maximum absolute atomic E-state index is 12.3. The molecule has 0 saturated heterocycles. The standard InChI is InChI=1S/C14H11ClF3NO7/c1-24-12(22)9(19-13(23)14(16,17)18)6-10(20)25-26-11(21)7-3-2-4-8(15)5-7/h2-5,9H,6H2,1H3,(H,19,23)/t9-/m0/s1/i9D. The number of hydrogen-bond donors (Lipinski definition) is 1. The monoisotopic (exact) mass is 398 g/mol. The van der Waals surface area contributed by atoms with Crippen LogP contribution in [0.25, 0.3) is 0 Å². The molecule has 1 amide bonds. The lowest BCUT2D eigenvalue weighted by Gasteiger charge is -2.16. The van der Waals surface area contributed by atoms with E-state index in [9.17, 15) is 32.3 Å². The number of esters is 1. The topological polar surface area (TPSA) is 108 Å². The zero-order valence-electron chi connectivity index (χ0n) is 13.9. The molecule has 0 radical (unpaired) electrons. The van der Waals surface area contributed by atoms with E-state index in [1.807, 2.05) is 0 Å². The van der Waals surface area contributed by atoms with Crippen molar-refractivity contribution < 1.29 is 48.2 Å². The largest absolute Gasteiger partial charge is 0.471 e. The van der Waals surface area contributed by atoms with Crippen molar-refractivity contribution in [2.24, 2.45) is 0 Å². The average Bonchev–Trinajstić information content (AvgIpc) is 2.57. The molecule has 1 aromatic rings. The summed E-state index contributed by atoms with van der Waals surface area (Å²) in [6.45, 7) is 0. The Bertz CT molecular complexity index is 758. The van der Waals surface area contributed by atoms with Gasteiger partial charge in [-0.15, -0.1) is 0 Å². The Morgan fingerprint density at radius 2 is 1.92 bits per heavy atom. The molecule has 0 spiro atoms. The fourth-order valence-corrected chi connectivity index (χ4v) is 1.61. The summed E-state index contributed by atoms with van der Waals surface area (Å²) in [5.41, 5.74) is -0.120. The van der Waals surface area contributed by atoms with Gasteiger partial charge in [-0.2, -0.15) is 13.2 Å². The quantitative estimate of drug-likeness (QED) is 0.455. The van der Waals surface area contributed by atoms with Crippen LogP contribution in [-0.4, -0.2) is 43.1 Å². The highest BCUT2D eigenvalue weighted by atomic mass is 35.5. The first-order chi connectivity index (χ1) is 12.4. The molecular formula is C14H11ClF3NO7. The van der Waals surface area contributed by atoms with Crippen LogP contribution in [0.2, 0.25) is 5.02 Å². The first kappa shape index (κ1) is 19.5. The summed E-state index contributed by atoms with van der Waals surface area (Å²) >= 11 is 5.65. The molecule has 0 bridgehead atoms. The second kappa shape index (κ2) is 9.04. The molecule has 0 saturated carbocycles. The number of nitrogens with one attached hydrogen (secondary N) is 1. The summed E-state index contributed by atoms with van der Waals surface area (Å²) < 4.78 is 48.6. The molecule has 0 unspecified atom stereocenters. The van der Waals surface area contributed by atoms with Crippen LogP contribution in [0.15, 0.2) is 24.3 Å². The van der Waals surface area contributed by atoms with Gasteiger partial charge < -0.3 is 10.1 Å². The number of rotatable bonds is 5. The van der Waals surface area contributed by atoms with Gasteiger partial charge in [-0.05, 0) is 18.2 Å². The van der Waals surface area contributed by atoms with Crippen LogP contribution >= 0.6 is 11.6 Å². The number of carbonyl (C=O) groups is 4. The van der Waals surface area contributed by atoms with Crippen LogP contribution in [0.1, 0.15) is 18.1 Å².